The first kappa shape index (κ1) is 19.5. The Labute approximate surface area is 163 Å². The molecule has 27 heavy (non-hydrogen) atoms. The molecule has 3 rings (SSSR count). The highest BCUT2D eigenvalue weighted by molar-refractivity contribution is 7.22. The minimum Gasteiger partial charge on any atom is -0.334 e. The molecule has 1 N–H and O–H groups in total. The van der Waals surface area contributed by atoms with Crippen LogP contribution >= 0.6 is 11.3 Å². The number of nitrogens with zero attached hydrogens (tertiary/aromatic N) is 2. The van der Waals surface area contributed by atoms with E-state index in [4.69, 9.17) is 0 Å². The number of carbonyl (C=O) groups excluding carboxylic acids is 1. The Hall–Kier alpha value is -2.31. The van der Waals surface area contributed by atoms with Crippen LogP contribution in [0.4, 0.5) is 9.52 Å². The minimum atomic E-state index is -0.355. The first-order valence-corrected chi connectivity index (χ1v) is 10.1. The molecule has 1 heterocycles. The summed E-state index contributed by atoms with van der Waals surface area (Å²) in [7, 11) is 0. The van der Waals surface area contributed by atoms with Crippen LogP contribution in [0.25, 0.3) is 10.2 Å². The van der Waals surface area contributed by atoms with Gasteiger partial charge in [-0.3, -0.25) is 9.69 Å². The van der Waals surface area contributed by atoms with Gasteiger partial charge < -0.3 is 4.90 Å². The van der Waals surface area contributed by atoms with E-state index in [2.05, 4.69) is 18.8 Å². The molecule has 1 aromatic heterocycles. The first-order chi connectivity index (χ1) is 13.0. The van der Waals surface area contributed by atoms with Gasteiger partial charge in [0.05, 0.1) is 30.9 Å². The number of para-hydroxylation sites is 1. The molecule has 0 saturated carbocycles. The van der Waals surface area contributed by atoms with Crippen molar-refractivity contribution in [3.63, 3.8) is 0 Å². The maximum Gasteiger partial charge on any atom is 0.260 e. The Morgan fingerprint density at radius 3 is 2.48 bits per heavy atom. The number of carbonyl (C=O) groups is 1. The van der Waals surface area contributed by atoms with E-state index in [1.54, 1.807) is 11.0 Å². The normalized spacial score (nSPS) is 11.3. The number of aromatic nitrogens is 1. The number of amides is 1. The highest BCUT2D eigenvalue weighted by Gasteiger charge is 2.23. The SMILES string of the molecule is CC[NH+](CC)CCN(C(=O)c1ccc(C)cc1)c1nc2c(F)cccc2s1. The van der Waals surface area contributed by atoms with Crippen molar-refractivity contribution in [2.45, 2.75) is 20.8 Å². The lowest BCUT2D eigenvalue weighted by atomic mass is 10.1. The van der Waals surface area contributed by atoms with Crippen LogP contribution in [-0.2, 0) is 0 Å². The number of halogens is 1. The number of thiazole rings is 1. The van der Waals surface area contributed by atoms with E-state index in [0.29, 0.717) is 22.8 Å². The van der Waals surface area contributed by atoms with Crippen LogP contribution in [0.5, 0.6) is 0 Å². The molecule has 4 nitrogen and oxygen atoms in total. The smallest absolute Gasteiger partial charge is 0.260 e. The monoisotopic (exact) mass is 386 g/mol. The Kier molecular flexibility index (Phi) is 6.19. The van der Waals surface area contributed by atoms with Crippen LogP contribution in [0.2, 0.25) is 0 Å². The molecule has 6 heteroatoms. The molecule has 3 aromatic rings. The van der Waals surface area contributed by atoms with Crippen LogP contribution in [0.3, 0.4) is 0 Å². The van der Waals surface area contributed by atoms with Gasteiger partial charge in [0.25, 0.3) is 5.91 Å². The number of quaternary nitrogens is 1. The molecular weight excluding hydrogens is 361 g/mol. The average molecular weight is 387 g/mol. The zero-order valence-electron chi connectivity index (χ0n) is 16.0. The fourth-order valence-electron chi connectivity index (χ4n) is 3.03. The fraction of sp³-hybridized carbons (Fsp3) is 0.333. The number of anilines is 1. The van der Waals surface area contributed by atoms with E-state index < -0.39 is 0 Å². The van der Waals surface area contributed by atoms with E-state index >= 15 is 0 Å². The van der Waals surface area contributed by atoms with Gasteiger partial charge in [0.2, 0.25) is 0 Å². The molecule has 0 aliphatic rings. The van der Waals surface area contributed by atoms with Gasteiger partial charge in [0.15, 0.2) is 5.13 Å². The van der Waals surface area contributed by atoms with Crippen molar-refractivity contribution in [2.24, 2.45) is 0 Å². The van der Waals surface area contributed by atoms with E-state index in [9.17, 15) is 9.18 Å². The van der Waals surface area contributed by atoms with Crippen molar-refractivity contribution >= 4 is 32.6 Å². The predicted octanol–water partition coefficient (Wildman–Crippen LogP) is 3.32. The summed E-state index contributed by atoms with van der Waals surface area (Å²) in [6.45, 7) is 9.63. The molecule has 0 unspecified atom stereocenters. The van der Waals surface area contributed by atoms with Gasteiger partial charge in [0, 0.05) is 5.56 Å². The van der Waals surface area contributed by atoms with Crippen molar-refractivity contribution < 1.29 is 14.1 Å². The first-order valence-electron chi connectivity index (χ1n) is 9.30. The summed E-state index contributed by atoms with van der Waals surface area (Å²) in [4.78, 5) is 20.7. The van der Waals surface area contributed by atoms with Crippen LogP contribution in [0.15, 0.2) is 42.5 Å². The summed E-state index contributed by atoms with van der Waals surface area (Å²) < 4.78 is 14.8. The highest BCUT2D eigenvalue weighted by atomic mass is 32.1. The Balaban J connectivity index is 1.96. The molecule has 0 atom stereocenters. The number of benzene rings is 2. The van der Waals surface area contributed by atoms with Crippen molar-refractivity contribution in [1.29, 1.82) is 0 Å². The summed E-state index contributed by atoms with van der Waals surface area (Å²) in [6.07, 6.45) is 0. The zero-order valence-corrected chi connectivity index (χ0v) is 16.8. The third-order valence-electron chi connectivity index (χ3n) is 4.82. The molecule has 1 amide bonds. The summed E-state index contributed by atoms with van der Waals surface area (Å²) in [5, 5.41) is 0.548. The van der Waals surface area contributed by atoms with Crippen LogP contribution < -0.4 is 9.80 Å². The van der Waals surface area contributed by atoms with Crippen molar-refractivity contribution in [3.8, 4) is 0 Å². The van der Waals surface area contributed by atoms with Gasteiger partial charge in [-0.15, -0.1) is 0 Å². The number of hydrogen-bond donors (Lipinski definition) is 1. The predicted molar refractivity (Wildman–Crippen MR) is 109 cm³/mol. The largest absolute Gasteiger partial charge is 0.334 e. The van der Waals surface area contributed by atoms with Crippen molar-refractivity contribution in [1.82, 2.24) is 4.98 Å². The van der Waals surface area contributed by atoms with Gasteiger partial charge in [0.1, 0.15) is 11.3 Å². The van der Waals surface area contributed by atoms with Gasteiger partial charge in [-0.05, 0) is 45.0 Å². The summed E-state index contributed by atoms with van der Waals surface area (Å²) in [5.41, 5.74) is 2.05. The minimum absolute atomic E-state index is 0.0963. The summed E-state index contributed by atoms with van der Waals surface area (Å²) in [6, 6.07) is 12.4. The van der Waals surface area contributed by atoms with Gasteiger partial charge in [-0.25, -0.2) is 9.37 Å². The van der Waals surface area contributed by atoms with Crippen molar-refractivity contribution in [3.05, 3.63) is 59.4 Å². The maximum absolute atomic E-state index is 14.1. The molecule has 142 valence electrons. The van der Waals surface area contributed by atoms with E-state index in [1.807, 2.05) is 37.3 Å². The van der Waals surface area contributed by atoms with E-state index in [1.165, 1.54) is 22.3 Å². The number of fused-ring (bicyclic) bond motifs is 1. The van der Waals surface area contributed by atoms with Gasteiger partial charge in [-0.2, -0.15) is 0 Å². The quantitative estimate of drug-likeness (QED) is 0.676. The second kappa shape index (κ2) is 8.59. The number of likely N-dealkylation sites (N-methyl/N-ethyl adjacent to an activating group) is 1. The van der Waals surface area contributed by atoms with Crippen LogP contribution in [-0.4, -0.2) is 37.1 Å². The molecule has 0 fully saturated rings. The standard InChI is InChI=1S/C21H24FN3OS/c1-4-24(5-2)13-14-25(20(26)16-11-9-15(3)10-12-16)21-23-19-17(22)7-6-8-18(19)27-21/h6-12H,4-5,13-14H2,1-3H3/p+1. The average Bonchev–Trinajstić information content (AvgIpc) is 3.11. The topological polar surface area (TPSA) is 37.6 Å². The molecule has 2 aromatic carbocycles. The lowest BCUT2D eigenvalue weighted by Crippen LogP contribution is -3.12. The zero-order chi connectivity index (χ0) is 19.4. The summed E-state index contributed by atoms with van der Waals surface area (Å²) >= 11 is 1.36. The number of aryl methyl sites for hydroxylation is 1. The van der Waals surface area contributed by atoms with Crippen molar-refractivity contribution in [2.75, 3.05) is 31.1 Å². The van der Waals surface area contributed by atoms with Crippen LogP contribution in [0.1, 0.15) is 29.8 Å². The lowest BCUT2D eigenvalue weighted by Gasteiger charge is -2.23. The second-order valence-corrected chi connectivity index (χ2v) is 7.62. The van der Waals surface area contributed by atoms with Crippen LogP contribution in [0, 0.1) is 12.7 Å². The Morgan fingerprint density at radius 2 is 1.85 bits per heavy atom. The maximum atomic E-state index is 14.1. The lowest BCUT2D eigenvalue weighted by molar-refractivity contribution is -0.894. The Bertz CT molecular complexity index is 919. The van der Waals surface area contributed by atoms with Gasteiger partial charge >= 0.3 is 0 Å². The molecule has 0 radical (unpaired) electrons. The fourth-order valence-corrected chi connectivity index (χ4v) is 4.03. The molecule has 0 spiro atoms. The number of nitrogens with one attached hydrogen (secondary N) is 1. The Morgan fingerprint density at radius 1 is 1.15 bits per heavy atom. The highest BCUT2D eigenvalue weighted by Crippen LogP contribution is 2.30. The third kappa shape index (κ3) is 4.34. The van der Waals surface area contributed by atoms with Gasteiger partial charge in [-0.1, -0.05) is 35.1 Å². The molecule has 0 aliphatic heterocycles. The molecular formula is C21H25FN3OS+. The third-order valence-corrected chi connectivity index (χ3v) is 5.87. The molecule has 0 saturated heterocycles. The second-order valence-electron chi connectivity index (χ2n) is 6.61. The van der Waals surface area contributed by atoms with E-state index in [-0.39, 0.29) is 11.7 Å². The number of rotatable bonds is 7. The summed E-state index contributed by atoms with van der Waals surface area (Å²) in [5.74, 6) is -0.451. The van der Waals surface area contributed by atoms with E-state index in [0.717, 1.165) is 29.9 Å². The molecule has 0 aliphatic carbocycles. The number of hydrogen-bond acceptors (Lipinski definition) is 3. The molecule has 0 bridgehead atoms.